The number of nitrogens with zero attached hydrogens (tertiary/aromatic N) is 1. The van der Waals surface area contributed by atoms with Crippen molar-refractivity contribution < 1.29 is 9.53 Å². The van der Waals surface area contributed by atoms with Gasteiger partial charge in [-0.05, 0) is 48.7 Å². The number of hydrogen-bond donors (Lipinski definition) is 1. The summed E-state index contributed by atoms with van der Waals surface area (Å²) in [5.74, 6) is 0.389. The number of hydrogen-bond acceptors (Lipinski definition) is 3. The van der Waals surface area contributed by atoms with Gasteiger partial charge in [0.15, 0.2) is 0 Å². The van der Waals surface area contributed by atoms with Gasteiger partial charge in [-0.1, -0.05) is 18.2 Å². The number of para-hydroxylation sites is 1. The number of rotatable bonds is 4. The van der Waals surface area contributed by atoms with Gasteiger partial charge in [-0.3, -0.25) is 9.59 Å². The number of pyridine rings is 1. The number of amides is 1. The molecule has 0 bridgehead atoms. The van der Waals surface area contributed by atoms with Gasteiger partial charge in [-0.2, -0.15) is 0 Å². The van der Waals surface area contributed by atoms with Crippen molar-refractivity contribution in [3.63, 3.8) is 0 Å². The Morgan fingerprint density at radius 2 is 1.83 bits per heavy atom. The lowest BCUT2D eigenvalue weighted by Gasteiger charge is -2.21. The number of benzene rings is 2. The molecule has 2 aromatic carbocycles. The molecule has 1 aromatic heterocycles. The number of methoxy groups -OCH3 is 1. The molecular formula is C19H18N2O3. The van der Waals surface area contributed by atoms with E-state index in [-0.39, 0.29) is 17.0 Å². The molecule has 3 aromatic rings. The SMILES string of the molecule is CCN(C(=O)c1cc2ccccc2[nH]c1=O)c1ccc(OC)cc1. The quantitative estimate of drug-likeness (QED) is 0.802. The van der Waals surface area contributed by atoms with Gasteiger partial charge in [0.2, 0.25) is 0 Å². The van der Waals surface area contributed by atoms with E-state index in [1.165, 1.54) is 0 Å². The first kappa shape index (κ1) is 15.8. The molecule has 0 aliphatic rings. The fraction of sp³-hybridized carbons (Fsp3) is 0.158. The first-order valence-electron chi connectivity index (χ1n) is 7.72. The average Bonchev–Trinajstić information content (AvgIpc) is 2.62. The summed E-state index contributed by atoms with van der Waals surface area (Å²) in [6.07, 6.45) is 0. The Kier molecular flexibility index (Phi) is 4.33. The summed E-state index contributed by atoms with van der Waals surface area (Å²) in [6.45, 7) is 2.33. The van der Waals surface area contributed by atoms with Gasteiger partial charge >= 0.3 is 0 Å². The molecule has 0 unspecified atom stereocenters. The predicted molar refractivity (Wildman–Crippen MR) is 94.9 cm³/mol. The second kappa shape index (κ2) is 6.58. The Balaban J connectivity index is 2.02. The minimum absolute atomic E-state index is 0.131. The summed E-state index contributed by atoms with van der Waals surface area (Å²) in [6, 6.07) is 16.2. The zero-order valence-corrected chi connectivity index (χ0v) is 13.6. The maximum absolute atomic E-state index is 12.9. The lowest BCUT2D eigenvalue weighted by atomic mass is 10.1. The highest BCUT2D eigenvalue weighted by atomic mass is 16.5. The molecule has 1 heterocycles. The van der Waals surface area contributed by atoms with E-state index < -0.39 is 0 Å². The molecule has 0 spiro atoms. The first-order chi connectivity index (χ1) is 11.6. The predicted octanol–water partition coefficient (Wildman–Crippen LogP) is 3.20. The Morgan fingerprint density at radius 1 is 1.12 bits per heavy atom. The second-order valence-corrected chi connectivity index (χ2v) is 5.35. The number of aromatic nitrogens is 1. The zero-order valence-electron chi connectivity index (χ0n) is 13.6. The molecular weight excluding hydrogens is 304 g/mol. The van der Waals surface area contributed by atoms with Crippen molar-refractivity contribution in [2.75, 3.05) is 18.6 Å². The molecule has 5 nitrogen and oxygen atoms in total. The van der Waals surface area contributed by atoms with E-state index in [2.05, 4.69) is 4.98 Å². The van der Waals surface area contributed by atoms with E-state index in [4.69, 9.17) is 4.74 Å². The van der Waals surface area contributed by atoms with Gasteiger partial charge in [0.1, 0.15) is 11.3 Å². The summed E-state index contributed by atoms with van der Waals surface area (Å²) in [4.78, 5) is 29.5. The first-order valence-corrected chi connectivity index (χ1v) is 7.72. The summed E-state index contributed by atoms with van der Waals surface area (Å²) in [5, 5.41) is 0.825. The van der Waals surface area contributed by atoms with Crippen molar-refractivity contribution in [3.05, 3.63) is 70.5 Å². The molecule has 0 radical (unpaired) electrons. The second-order valence-electron chi connectivity index (χ2n) is 5.35. The molecule has 0 saturated carbocycles. The fourth-order valence-corrected chi connectivity index (χ4v) is 2.66. The van der Waals surface area contributed by atoms with Gasteiger partial charge in [-0.15, -0.1) is 0 Å². The molecule has 0 fully saturated rings. The largest absolute Gasteiger partial charge is 0.497 e. The number of carbonyl (C=O) groups is 1. The highest BCUT2D eigenvalue weighted by Gasteiger charge is 2.19. The van der Waals surface area contributed by atoms with Crippen molar-refractivity contribution in [1.29, 1.82) is 0 Å². The Labute approximate surface area is 139 Å². The van der Waals surface area contributed by atoms with Crippen LogP contribution in [0, 0.1) is 0 Å². The number of H-pyrrole nitrogens is 1. The van der Waals surface area contributed by atoms with E-state index in [1.54, 1.807) is 42.3 Å². The number of aromatic amines is 1. The molecule has 24 heavy (non-hydrogen) atoms. The van der Waals surface area contributed by atoms with Crippen LogP contribution in [0.1, 0.15) is 17.3 Å². The minimum atomic E-state index is -0.384. The van der Waals surface area contributed by atoms with Gasteiger partial charge < -0.3 is 14.6 Å². The third-order valence-electron chi connectivity index (χ3n) is 3.93. The van der Waals surface area contributed by atoms with Crippen LogP contribution in [-0.4, -0.2) is 24.5 Å². The third kappa shape index (κ3) is 2.88. The Hall–Kier alpha value is -3.08. The average molecular weight is 322 g/mol. The van der Waals surface area contributed by atoms with Crippen LogP contribution in [0.4, 0.5) is 5.69 Å². The summed E-state index contributed by atoms with van der Waals surface area (Å²) < 4.78 is 5.14. The van der Waals surface area contributed by atoms with Gasteiger partial charge in [0, 0.05) is 17.7 Å². The van der Waals surface area contributed by atoms with E-state index in [1.807, 2.05) is 31.2 Å². The topological polar surface area (TPSA) is 62.4 Å². The highest BCUT2D eigenvalue weighted by Crippen LogP contribution is 2.21. The van der Waals surface area contributed by atoms with E-state index in [0.717, 1.165) is 11.1 Å². The van der Waals surface area contributed by atoms with E-state index in [9.17, 15) is 9.59 Å². The van der Waals surface area contributed by atoms with Crippen LogP contribution >= 0.6 is 0 Å². The van der Waals surface area contributed by atoms with Crippen LogP contribution in [0.5, 0.6) is 5.75 Å². The molecule has 1 amide bonds. The number of carbonyl (C=O) groups excluding carboxylic acids is 1. The number of fused-ring (bicyclic) bond motifs is 1. The van der Waals surface area contributed by atoms with Crippen LogP contribution < -0.4 is 15.2 Å². The van der Waals surface area contributed by atoms with Gasteiger partial charge in [0.25, 0.3) is 11.5 Å². The number of nitrogens with one attached hydrogen (secondary N) is 1. The molecule has 1 N–H and O–H groups in total. The molecule has 0 atom stereocenters. The molecule has 0 saturated heterocycles. The van der Waals surface area contributed by atoms with Crippen molar-refractivity contribution in [2.45, 2.75) is 6.92 Å². The Bertz CT molecular complexity index is 929. The fourth-order valence-electron chi connectivity index (χ4n) is 2.66. The van der Waals surface area contributed by atoms with Crippen molar-refractivity contribution >= 4 is 22.5 Å². The third-order valence-corrected chi connectivity index (χ3v) is 3.93. The molecule has 0 aliphatic heterocycles. The van der Waals surface area contributed by atoms with Crippen LogP contribution in [-0.2, 0) is 0 Å². The lowest BCUT2D eigenvalue weighted by Crippen LogP contribution is -2.34. The van der Waals surface area contributed by atoms with Gasteiger partial charge in [-0.25, -0.2) is 0 Å². The van der Waals surface area contributed by atoms with Crippen LogP contribution in [0.25, 0.3) is 10.9 Å². The van der Waals surface area contributed by atoms with E-state index in [0.29, 0.717) is 17.8 Å². The zero-order chi connectivity index (χ0) is 17.1. The van der Waals surface area contributed by atoms with E-state index >= 15 is 0 Å². The maximum atomic E-state index is 12.9. The minimum Gasteiger partial charge on any atom is -0.497 e. The number of ether oxygens (including phenoxy) is 1. The maximum Gasteiger partial charge on any atom is 0.263 e. The summed E-state index contributed by atoms with van der Waals surface area (Å²) in [5.41, 5.74) is 1.18. The normalized spacial score (nSPS) is 10.6. The van der Waals surface area contributed by atoms with Crippen molar-refractivity contribution in [3.8, 4) is 5.75 Å². The standard InChI is InChI=1S/C19H18N2O3/c1-3-21(14-8-10-15(24-2)11-9-14)19(23)16-12-13-6-4-5-7-17(13)20-18(16)22/h4-12H,3H2,1-2H3,(H,20,22). The van der Waals surface area contributed by atoms with Crippen molar-refractivity contribution in [2.24, 2.45) is 0 Å². The highest BCUT2D eigenvalue weighted by molar-refractivity contribution is 6.07. The van der Waals surface area contributed by atoms with Crippen LogP contribution in [0.2, 0.25) is 0 Å². The smallest absolute Gasteiger partial charge is 0.263 e. The lowest BCUT2D eigenvalue weighted by molar-refractivity contribution is 0.0987. The van der Waals surface area contributed by atoms with Crippen LogP contribution in [0.15, 0.2) is 59.4 Å². The molecule has 5 heteroatoms. The monoisotopic (exact) mass is 322 g/mol. The summed E-state index contributed by atoms with van der Waals surface area (Å²) >= 11 is 0. The summed E-state index contributed by atoms with van der Waals surface area (Å²) in [7, 11) is 1.59. The Morgan fingerprint density at radius 3 is 2.50 bits per heavy atom. The molecule has 3 rings (SSSR count). The number of anilines is 1. The van der Waals surface area contributed by atoms with Gasteiger partial charge in [0.05, 0.1) is 7.11 Å². The molecule has 122 valence electrons. The van der Waals surface area contributed by atoms with Crippen molar-refractivity contribution in [1.82, 2.24) is 4.98 Å². The van der Waals surface area contributed by atoms with Crippen LogP contribution in [0.3, 0.4) is 0 Å². The molecule has 0 aliphatic carbocycles.